The minimum absolute atomic E-state index is 0.00114. The van der Waals surface area contributed by atoms with Crippen molar-refractivity contribution < 1.29 is 75.8 Å². The second-order valence-corrected chi connectivity index (χ2v) is 27.6. The molecule has 1 unspecified atom stereocenters. The van der Waals surface area contributed by atoms with Crippen molar-refractivity contribution in [2.24, 2.45) is 11.5 Å². The molecular formula is C75H93F3N14O13. The molecule has 10 amide bonds. The van der Waals surface area contributed by atoms with Crippen LogP contribution in [0, 0.1) is 11.6 Å². The molecule has 0 aliphatic carbocycles. The molecule has 27 nitrogen and oxygen atoms in total. The van der Waals surface area contributed by atoms with Gasteiger partial charge in [-0.3, -0.25) is 58.1 Å². The molecular weight excluding hydrogens is 1360 g/mol. The minimum Gasteiger partial charge on any atom is -0.497 e. The van der Waals surface area contributed by atoms with Crippen LogP contribution in [0.3, 0.4) is 0 Å². The van der Waals surface area contributed by atoms with Gasteiger partial charge in [-0.05, 0) is 155 Å². The van der Waals surface area contributed by atoms with E-state index in [0.717, 1.165) is 10.5 Å². The second-order valence-electron chi connectivity index (χ2n) is 27.6. The largest absolute Gasteiger partial charge is 0.497 e. The van der Waals surface area contributed by atoms with Gasteiger partial charge < -0.3 is 78.3 Å². The maximum Gasteiger partial charge on any atom is 0.246 e. The summed E-state index contributed by atoms with van der Waals surface area (Å²) in [5.74, 6) is -9.88. The molecule has 2 aromatic heterocycles. The number of carbonyl (C=O) groups excluding carboxylic acids is 11. The standard InChI is InChI=1S/C75H93F3N14O13/c1-42-66(97)84-60(33-48-38-81-56-25-21-50(76)35-54(48)56)68(99)85-62(34-49-39-82-57-26-22-51(77)36-55(49)57)71(102)91-40-52(78)37-63(91)69(100)88-64(43(2)94)70(101)86-61(32-47-19-23-53(105-5)24-20-47)72(103)92-30-12-27-74(92,4)73(104)87-59(65(80)96)31-46-17-15-45(16-18-46)13-8-6-7-10-28-75(41-93,89-44(3)95)90-58(67(98)83-42)14-9-11-29-79/h6,8,15-26,35-36,38-39,41-43,52,58-64,81-82,90,94H,7,9-14,27-34,37,40,79H2,1-5H3,(H2,80,96)(H,83,98)(H,84,97)(H,85,99)(H,86,101)(H,87,104)(H,88,100)(H,89,95)/t42-,43+,52-,58?,59+,60+,61+,62+,63-,64-,74-,75-/m0/s1. The maximum atomic E-state index is 16.2. The van der Waals surface area contributed by atoms with E-state index in [-0.39, 0.29) is 56.1 Å². The summed E-state index contributed by atoms with van der Waals surface area (Å²) in [6.45, 7) is 4.74. The number of nitrogens with zero attached hydrogens (tertiary/aromatic N) is 2. The molecule has 6 aromatic rings. The van der Waals surface area contributed by atoms with Crippen molar-refractivity contribution in [1.82, 2.24) is 62.3 Å². The molecule has 2 fully saturated rings. The predicted octanol–water partition coefficient (Wildman–Crippen LogP) is 2.72. The number of hydrogen-bond acceptors (Lipinski definition) is 15. The van der Waals surface area contributed by atoms with E-state index in [1.54, 1.807) is 36.4 Å². The van der Waals surface area contributed by atoms with Gasteiger partial charge in [0.1, 0.15) is 77.1 Å². The normalized spacial score (nSPS) is 25.9. The third kappa shape index (κ3) is 19.9. The van der Waals surface area contributed by atoms with E-state index in [1.807, 2.05) is 24.3 Å². The highest BCUT2D eigenvalue weighted by Crippen LogP contribution is 2.32. The number of hydrogen-bond donors (Lipinski definition) is 13. The van der Waals surface area contributed by atoms with E-state index < -0.39 is 168 Å². The predicted molar refractivity (Wildman–Crippen MR) is 382 cm³/mol. The number of unbranched alkanes of at least 4 members (excludes halogenated alkanes) is 1. The number of ether oxygens (including phenoxy) is 1. The fraction of sp³-hybridized carbons (Fsp3) is 0.453. The molecule has 12 atom stereocenters. The highest BCUT2D eigenvalue weighted by atomic mass is 19.1. The number of methoxy groups -OCH3 is 1. The van der Waals surface area contributed by atoms with E-state index in [2.05, 4.69) is 52.5 Å². The number of benzene rings is 4. The van der Waals surface area contributed by atoms with E-state index in [0.29, 0.717) is 83.7 Å². The zero-order valence-electron chi connectivity index (χ0n) is 59.3. The number of aliphatic hydroxyl groups is 1. The molecule has 4 aromatic carbocycles. The molecule has 0 saturated carbocycles. The highest BCUT2D eigenvalue weighted by Gasteiger charge is 2.50. The number of H-pyrrole nitrogens is 2. The summed E-state index contributed by atoms with van der Waals surface area (Å²) in [5, 5.41) is 33.7. The summed E-state index contributed by atoms with van der Waals surface area (Å²) in [4.78, 5) is 167. The fourth-order valence-corrected chi connectivity index (χ4v) is 13.9. The van der Waals surface area contributed by atoms with Gasteiger partial charge in [-0.15, -0.1) is 0 Å². The van der Waals surface area contributed by atoms with Crippen LogP contribution >= 0.6 is 0 Å². The summed E-state index contributed by atoms with van der Waals surface area (Å²) < 4.78 is 51.6. The lowest BCUT2D eigenvalue weighted by Crippen LogP contribution is -2.66. The number of primary amides is 1. The molecule has 10 rings (SSSR count). The Bertz CT molecular complexity index is 4190. The molecule has 4 aliphatic heterocycles. The highest BCUT2D eigenvalue weighted by molar-refractivity contribution is 6.00. The van der Waals surface area contributed by atoms with Gasteiger partial charge in [0, 0.05) is 79.8 Å². The number of aromatic nitrogens is 2. The first kappa shape index (κ1) is 78.7. The number of alkyl halides is 1. The Labute approximate surface area is 605 Å². The Morgan fingerprint density at radius 2 is 1.33 bits per heavy atom. The van der Waals surface area contributed by atoms with Crippen LogP contribution in [0.25, 0.3) is 21.8 Å². The van der Waals surface area contributed by atoms with E-state index in [9.17, 15) is 47.9 Å². The van der Waals surface area contributed by atoms with Crippen LogP contribution in [0.5, 0.6) is 5.75 Å². The van der Waals surface area contributed by atoms with E-state index in [4.69, 9.17) is 16.2 Å². The summed E-state index contributed by atoms with van der Waals surface area (Å²) >= 11 is 0. The number of rotatable bonds is 15. The molecule has 4 aliphatic rings. The number of carbonyl (C=O) groups is 11. The number of halogens is 3. The van der Waals surface area contributed by atoms with Crippen LogP contribution in [-0.4, -0.2) is 189 Å². The number of allylic oxidation sites excluding steroid dienone is 2. The van der Waals surface area contributed by atoms with Crippen molar-refractivity contribution in [3.05, 3.63) is 149 Å². The fourth-order valence-electron chi connectivity index (χ4n) is 13.9. The second kappa shape index (κ2) is 35.3. The first-order chi connectivity index (χ1) is 50.1. The van der Waals surface area contributed by atoms with Crippen molar-refractivity contribution in [1.29, 1.82) is 0 Å². The van der Waals surface area contributed by atoms with Crippen LogP contribution in [0.1, 0.15) is 113 Å². The lowest BCUT2D eigenvalue weighted by Gasteiger charge is -2.37. The number of aliphatic hydroxyl groups excluding tert-OH is 1. The number of aromatic amines is 2. The van der Waals surface area contributed by atoms with Gasteiger partial charge in [-0.1, -0.05) is 55.0 Å². The summed E-state index contributed by atoms with van der Waals surface area (Å²) in [5.41, 5.74) is 11.8. The molecule has 6 heterocycles. The smallest absolute Gasteiger partial charge is 0.246 e. The molecule has 30 heteroatoms. The molecule has 105 heavy (non-hydrogen) atoms. The molecule has 0 radical (unpaired) electrons. The van der Waals surface area contributed by atoms with Gasteiger partial charge in [0.25, 0.3) is 0 Å². The zero-order valence-corrected chi connectivity index (χ0v) is 59.3. The lowest BCUT2D eigenvalue weighted by atomic mass is 9.94. The first-order valence-electron chi connectivity index (χ1n) is 35.3. The van der Waals surface area contributed by atoms with Gasteiger partial charge in [0.05, 0.1) is 25.8 Å². The van der Waals surface area contributed by atoms with Crippen molar-refractivity contribution in [3.63, 3.8) is 0 Å². The van der Waals surface area contributed by atoms with Gasteiger partial charge in [0.15, 0.2) is 6.29 Å². The SMILES string of the molecule is COc1ccc(C[C@H]2NC(=O)[C@H]([C@@H](C)O)NC(=O)[C@@H]3C[C@H](F)CN3C(=O)[C@@H](Cc3c[nH]c4ccc(F)cc34)NC(=O)[C@@H](Cc3c[nH]c4ccc(F)cc34)NC(=O)[C@H](C)NC(=O)C(CCCCN)N[C@@](C=O)(NC(C)=O)CCCC=CCc3ccc(cc3)C[C@H](C(N)=O)NC(=O)[C@]3(C)CCCN3C2=O)cc1. The zero-order chi connectivity index (χ0) is 75.9. The Morgan fingerprint density at radius 3 is 1.94 bits per heavy atom. The average Bonchev–Trinajstić information content (AvgIpc) is 1.68. The molecule has 2 saturated heterocycles. The number of amides is 10. The Hall–Kier alpha value is -10.5. The topological polar surface area (TPSA) is 404 Å². The van der Waals surface area contributed by atoms with Gasteiger partial charge in [-0.2, -0.15) is 0 Å². The molecule has 2 bridgehead atoms. The molecule has 562 valence electrons. The van der Waals surface area contributed by atoms with Crippen LogP contribution < -0.4 is 58.7 Å². The van der Waals surface area contributed by atoms with Crippen molar-refractivity contribution >= 4 is 87.2 Å². The van der Waals surface area contributed by atoms with Crippen molar-refractivity contribution in [2.75, 3.05) is 26.7 Å². The van der Waals surface area contributed by atoms with Crippen LogP contribution in [0.2, 0.25) is 0 Å². The van der Waals surface area contributed by atoms with Gasteiger partial charge in [0.2, 0.25) is 59.1 Å². The van der Waals surface area contributed by atoms with Gasteiger partial charge in [-0.25, -0.2) is 13.2 Å². The quantitative estimate of drug-likeness (QED) is 0.0304. The van der Waals surface area contributed by atoms with Gasteiger partial charge >= 0.3 is 0 Å². The van der Waals surface area contributed by atoms with Crippen LogP contribution in [0.4, 0.5) is 13.2 Å². The Balaban J connectivity index is 1.08. The Morgan fingerprint density at radius 1 is 0.724 bits per heavy atom. The van der Waals surface area contributed by atoms with Crippen molar-refractivity contribution in [2.45, 2.75) is 189 Å². The summed E-state index contributed by atoms with van der Waals surface area (Å²) in [6, 6.07) is 8.85. The summed E-state index contributed by atoms with van der Waals surface area (Å²) in [7, 11) is 1.46. The van der Waals surface area contributed by atoms with Crippen molar-refractivity contribution in [3.8, 4) is 5.75 Å². The lowest BCUT2D eigenvalue weighted by molar-refractivity contribution is -0.147. The van der Waals surface area contributed by atoms with E-state index >= 15 is 23.2 Å². The molecule has 15 N–H and O–H groups in total. The van der Waals surface area contributed by atoms with Crippen LogP contribution in [-0.2, 0) is 84.8 Å². The first-order valence-corrected chi connectivity index (χ1v) is 35.3. The molecule has 0 spiro atoms. The van der Waals surface area contributed by atoms with E-state index in [1.165, 1.54) is 88.5 Å². The third-order valence-corrected chi connectivity index (χ3v) is 19.7. The number of nitrogens with two attached hydrogens (primary N) is 2. The average molecular weight is 1460 g/mol. The minimum atomic E-state index is -1.90. The third-order valence-electron chi connectivity index (χ3n) is 19.7. The number of fused-ring (bicyclic) bond motifs is 30. The van der Waals surface area contributed by atoms with Crippen LogP contribution in [0.15, 0.2) is 109 Å². The summed E-state index contributed by atoms with van der Waals surface area (Å²) in [6.07, 6.45) is 4.30. The number of aldehydes is 1. The maximum absolute atomic E-state index is 16.2. The Kier molecular flexibility index (Phi) is 26.5. The monoisotopic (exact) mass is 1450 g/mol. The number of nitrogens with one attached hydrogen (secondary N) is 10.